The fraction of sp³-hybridized carbons (Fsp3) is 0.105. The lowest BCUT2D eigenvalue weighted by Crippen LogP contribution is -2.36. The highest BCUT2D eigenvalue weighted by Gasteiger charge is 2.34. The molecule has 0 aromatic heterocycles. The van der Waals surface area contributed by atoms with E-state index in [9.17, 15) is 27.9 Å². The second-order valence-electron chi connectivity index (χ2n) is 5.95. The Morgan fingerprint density at radius 3 is 2.62 bits per heavy atom. The van der Waals surface area contributed by atoms with Crippen molar-refractivity contribution in [2.45, 2.75) is 6.18 Å². The van der Waals surface area contributed by atoms with Gasteiger partial charge in [0, 0.05) is 11.3 Å². The molecule has 3 rings (SSSR count). The van der Waals surface area contributed by atoms with Crippen molar-refractivity contribution >= 4 is 51.9 Å². The number of carbonyl (C=O) groups is 2. The third-order valence-corrected chi connectivity index (χ3v) is 5.25. The first-order chi connectivity index (χ1) is 13.6. The number of alkyl halides is 3. The molecule has 0 unspecified atom stereocenters. The summed E-state index contributed by atoms with van der Waals surface area (Å²) in [5.74, 6) is -1.23. The molecule has 0 saturated carbocycles. The van der Waals surface area contributed by atoms with Crippen LogP contribution in [0, 0.1) is 0 Å². The number of benzene rings is 2. The Morgan fingerprint density at radius 2 is 1.93 bits per heavy atom. The molecule has 1 aliphatic heterocycles. The molecule has 10 heteroatoms. The minimum absolute atomic E-state index is 0.0138. The summed E-state index contributed by atoms with van der Waals surface area (Å²) < 4.78 is 38.5. The average Bonchev–Trinajstić information content (AvgIpc) is 2.90. The molecular weight excluding hydrogens is 425 g/mol. The normalized spacial score (nSPS) is 15.8. The lowest BCUT2D eigenvalue weighted by atomic mass is 10.2. The van der Waals surface area contributed by atoms with E-state index in [0.29, 0.717) is 5.56 Å². The highest BCUT2D eigenvalue weighted by Crippen LogP contribution is 2.34. The highest BCUT2D eigenvalue weighted by atomic mass is 32.2. The van der Waals surface area contributed by atoms with Gasteiger partial charge in [-0.15, -0.1) is 0 Å². The fourth-order valence-corrected chi connectivity index (χ4v) is 3.75. The number of carbonyl (C=O) groups excluding carboxylic acids is 2. The Balaban J connectivity index is 1.70. The highest BCUT2D eigenvalue weighted by molar-refractivity contribution is 8.26. The van der Waals surface area contributed by atoms with Crippen LogP contribution in [-0.2, 0) is 15.8 Å². The number of para-hydroxylation sites is 1. The summed E-state index contributed by atoms with van der Waals surface area (Å²) >= 11 is 6.10. The third kappa shape index (κ3) is 4.96. The molecule has 0 atom stereocenters. The van der Waals surface area contributed by atoms with E-state index in [0.717, 1.165) is 28.8 Å². The minimum atomic E-state index is -4.54. The Hall–Kier alpha value is -2.85. The van der Waals surface area contributed by atoms with E-state index in [-0.39, 0.29) is 20.7 Å². The standard InChI is InChI=1S/C19H13F3N2O3S2/c20-19(21,22)12-5-3-6-13(9-12)23-16(26)10-24-17(27)15(29-18(24)28)8-11-4-1-2-7-14(11)25/h1-9,25H,10H2,(H,23,26)/b15-8-. The number of phenols is 1. The number of thiocarbonyl (C=S) groups is 1. The zero-order valence-electron chi connectivity index (χ0n) is 14.6. The van der Waals surface area contributed by atoms with Gasteiger partial charge < -0.3 is 10.4 Å². The Labute approximate surface area is 173 Å². The lowest BCUT2D eigenvalue weighted by molar-refractivity contribution is -0.137. The van der Waals surface area contributed by atoms with Crippen molar-refractivity contribution in [3.8, 4) is 5.75 Å². The predicted molar refractivity (Wildman–Crippen MR) is 108 cm³/mol. The van der Waals surface area contributed by atoms with E-state index in [1.807, 2.05) is 0 Å². The van der Waals surface area contributed by atoms with E-state index >= 15 is 0 Å². The SMILES string of the molecule is O=C(CN1C(=O)/C(=C/c2ccccc2O)SC1=S)Nc1cccc(C(F)(F)F)c1. The van der Waals surface area contributed by atoms with Crippen LogP contribution in [0.3, 0.4) is 0 Å². The van der Waals surface area contributed by atoms with Crippen molar-refractivity contribution in [1.29, 1.82) is 0 Å². The Morgan fingerprint density at radius 1 is 1.21 bits per heavy atom. The number of aromatic hydroxyl groups is 1. The number of hydrogen-bond acceptors (Lipinski definition) is 5. The van der Waals surface area contributed by atoms with Crippen molar-refractivity contribution < 1.29 is 27.9 Å². The van der Waals surface area contributed by atoms with Crippen molar-refractivity contribution in [2.75, 3.05) is 11.9 Å². The van der Waals surface area contributed by atoms with Crippen LogP contribution in [0.1, 0.15) is 11.1 Å². The molecule has 150 valence electrons. The van der Waals surface area contributed by atoms with Crippen LogP contribution in [0.25, 0.3) is 6.08 Å². The second-order valence-corrected chi connectivity index (χ2v) is 7.63. The second kappa shape index (κ2) is 8.26. The number of nitrogens with one attached hydrogen (secondary N) is 1. The van der Waals surface area contributed by atoms with Gasteiger partial charge in [0.1, 0.15) is 16.6 Å². The monoisotopic (exact) mass is 438 g/mol. The van der Waals surface area contributed by atoms with Gasteiger partial charge in [0.2, 0.25) is 5.91 Å². The molecule has 2 aromatic rings. The molecule has 0 bridgehead atoms. The van der Waals surface area contributed by atoms with E-state index in [1.165, 1.54) is 24.3 Å². The third-order valence-electron chi connectivity index (χ3n) is 3.87. The predicted octanol–water partition coefficient (Wildman–Crippen LogP) is 4.25. The number of halogens is 3. The maximum Gasteiger partial charge on any atom is 0.416 e. The van der Waals surface area contributed by atoms with E-state index in [4.69, 9.17) is 12.2 Å². The maximum absolute atomic E-state index is 12.8. The first-order valence-corrected chi connectivity index (χ1v) is 9.38. The van der Waals surface area contributed by atoms with E-state index in [2.05, 4.69) is 5.32 Å². The first kappa shape index (κ1) is 20.9. The van der Waals surface area contributed by atoms with Gasteiger partial charge >= 0.3 is 6.18 Å². The van der Waals surface area contributed by atoms with Gasteiger partial charge in [-0.2, -0.15) is 13.2 Å². The number of hydrogen-bond donors (Lipinski definition) is 2. The van der Waals surface area contributed by atoms with E-state index in [1.54, 1.807) is 18.2 Å². The van der Waals surface area contributed by atoms with Gasteiger partial charge in [-0.25, -0.2) is 0 Å². The first-order valence-electron chi connectivity index (χ1n) is 8.15. The number of nitrogens with zero attached hydrogens (tertiary/aromatic N) is 1. The Kier molecular flexibility index (Phi) is 5.94. The van der Waals surface area contributed by atoms with Gasteiger partial charge in [0.15, 0.2) is 0 Å². The van der Waals surface area contributed by atoms with E-state index < -0.39 is 30.1 Å². The molecule has 0 spiro atoms. The summed E-state index contributed by atoms with van der Waals surface area (Å²) in [6.07, 6.45) is -3.08. The molecule has 2 aromatic carbocycles. The topological polar surface area (TPSA) is 69.6 Å². The van der Waals surface area contributed by atoms with Gasteiger partial charge in [0.05, 0.1) is 10.5 Å². The number of amides is 2. The van der Waals surface area contributed by atoms with Crippen LogP contribution in [0.15, 0.2) is 53.4 Å². The van der Waals surface area contributed by atoms with Crippen LogP contribution < -0.4 is 5.32 Å². The number of phenolic OH excluding ortho intramolecular Hbond substituents is 1. The molecule has 1 heterocycles. The molecule has 29 heavy (non-hydrogen) atoms. The average molecular weight is 438 g/mol. The quantitative estimate of drug-likeness (QED) is 0.552. The summed E-state index contributed by atoms with van der Waals surface area (Å²) in [6.45, 7) is -0.445. The number of thioether (sulfide) groups is 1. The van der Waals surface area contributed by atoms with Crippen molar-refractivity contribution in [2.24, 2.45) is 0 Å². The molecule has 0 aliphatic carbocycles. The van der Waals surface area contributed by atoms with Crippen molar-refractivity contribution in [3.63, 3.8) is 0 Å². The molecule has 2 amide bonds. The molecule has 1 aliphatic rings. The fourth-order valence-electron chi connectivity index (χ4n) is 2.50. The molecule has 2 N–H and O–H groups in total. The molecule has 5 nitrogen and oxygen atoms in total. The zero-order chi connectivity index (χ0) is 21.2. The number of rotatable bonds is 4. The van der Waals surface area contributed by atoms with Gasteiger partial charge in [-0.05, 0) is 30.3 Å². The van der Waals surface area contributed by atoms with Gasteiger partial charge in [-0.1, -0.05) is 48.2 Å². The molecule has 0 radical (unpaired) electrons. The maximum atomic E-state index is 12.8. The summed E-state index contributed by atoms with van der Waals surface area (Å²) in [5, 5.41) is 12.2. The van der Waals surface area contributed by atoms with Crippen molar-refractivity contribution in [3.05, 3.63) is 64.6 Å². The Bertz CT molecular complexity index is 1020. The van der Waals surface area contributed by atoms with Crippen LogP contribution >= 0.6 is 24.0 Å². The van der Waals surface area contributed by atoms with Crippen LogP contribution in [-0.4, -0.2) is 32.7 Å². The summed E-state index contributed by atoms with van der Waals surface area (Å²) in [6, 6.07) is 10.6. The molecule has 1 fully saturated rings. The van der Waals surface area contributed by atoms with Crippen LogP contribution in [0.2, 0.25) is 0 Å². The summed E-state index contributed by atoms with van der Waals surface area (Å²) in [7, 11) is 0. The zero-order valence-corrected chi connectivity index (χ0v) is 16.2. The summed E-state index contributed by atoms with van der Waals surface area (Å²) in [5.41, 5.74) is -0.520. The van der Waals surface area contributed by atoms with Crippen molar-refractivity contribution in [1.82, 2.24) is 4.90 Å². The minimum Gasteiger partial charge on any atom is -0.507 e. The van der Waals surface area contributed by atoms with Crippen LogP contribution in [0.5, 0.6) is 5.75 Å². The van der Waals surface area contributed by atoms with Gasteiger partial charge in [-0.3, -0.25) is 14.5 Å². The lowest BCUT2D eigenvalue weighted by Gasteiger charge is -2.15. The summed E-state index contributed by atoms with van der Waals surface area (Å²) in [4.78, 5) is 26.0. The smallest absolute Gasteiger partial charge is 0.416 e. The molecule has 1 saturated heterocycles. The largest absolute Gasteiger partial charge is 0.507 e. The van der Waals surface area contributed by atoms with Gasteiger partial charge in [0.25, 0.3) is 5.91 Å². The van der Waals surface area contributed by atoms with Crippen LogP contribution in [0.4, 0.5) is 18.9 Å². The molecular formula is C19H13F3N2O3S2. The number of anilines is 1.